The third-order valence-corrected chi connectivity index (χ3v) is 3.56. The Kier molecular flexibility index (Phi) is 7.53. The molecule has 0 atom stereocenters. The molecule has 0 fully saturated rings. The minimum absolute atomic E-state index is 0.0961. The summed E-state index contributed by atoms with van der Waals surface area (Å²) in [5.74, 6) is 0.581. The summed E-state index contributed by atoms with van der Waals surface area (Å²) < 4.78 is 0. The van der Waals surface area contributed by atoms with Gasteiger partial charge < -0.3 is 10.6 Å². The average Bonchev–Trinajstić information content (AvgIpc) is 2.38. The van der Waals surface area contributed by atoms with E-state index in [0.29, 0.717) is 12.3 Å². The molecule has 3 nitrogen and oxygen atoms in total. The van der Waals surface area contributed by atoms with Gasteiger partial charge in [-0.2, -0.15) is 0 Å². The molecule has 1 rings (SSSR count). The summed E-state index contributed by atoms with van der Waals surface area (Å²) >= 11 is 1.60. The molecule has 0 aliphatic heterocycles. The smallest absolute Gasteiger partial charge is 0.230 e. The van der Waals surface area contributed by atoms with Gasteiger partial charge in [0.2, 0.25) is 5.91 Å². The zero-order chi connectivity index (χ0) is 13.2. The van der Waals surface area contributed by atoms with Crippen molar-refractivity contribution in [3.8, 4) is 0 Å². The molecule has 0 saturated carbocycles. The molecule has 0 unspecified atom stereocenters. The van der Waals surface area contributed by atoms with Gasteiger partial charge in [-0.1, -0.05) is 25.1 Å². The summed E-state index contributed by atoms with van der Waals surface area (Å²) in [5.41, 5.74) is 1.26. The highest BCUT2D eigenvalue weighted by molar-refractivity contribution is 8.00. The molecule has 0 aliphatic carbocycles. The molecular weight excluding hydrogens is 244 g/mol. The molecule has 1 amide bonds. The molecule has 0 aliphatic rings. The second kappa shape index (κ2) is 9.00. The van der Waals surface area contributed by atoms with E-state index in [4.69, 9.17) is 0 Å². The van der Waals surface area contributed by atoms with Gasteiger partial charge in [-0.3, -0.25) is 4.79 Å². The normalized spacial score (nSPS) is 10.3. The summed E-state index contributed by atoms with van der Waals surface area (Å²) in [6, 6.07) is 8.25. The fourth-order valence-electron chi connectivity index (χ4n) is 1.58. The highest BCUT2D eigenvalue weighted by atomic mass is 32.2. The third-order valence-electron chi connectivity index (χ3n) is 2.45. The first-order valence-corrected chi connectivity index (χ1v) is 7.44. The lowest BCUT2D eigenvalue weighted by Crippen LogP contribution is -2.24. The van der Waals surface area contributed by atoms with Gasteiger partial charge >= 0.3 is 0 Å². The number of rotatable bonds is 8. The Morgan fingerprint density at radius 2 is 2.06 bits per heavy atom. The van der Waals surface area contributed by atoms with E-state index in [-0.39, 0.29) is 5.91 Å². The molecule has 0 bridgehead atoms. The summed E-state index contributed by atoms with van der Waals surface area (Å²) in [5, 5.41) is 6.20. The maximum absolute atomic E-state index is 11.4. The van der Waals surface area contributed by atoms with E-state index in [9.17, 15) is 4.79 Å². The molecule has 0 heterocycles. The second-order valence-electron chi connectivity index (χ2n) is 4.03. The van der Waals surface area contributed by atoms with Crippen LogP contribution in [0.15, 0.2) is 29.2 Å². The number of amides is 1. The van der Waals surface area contributed by atoms with E-state index in [1.54, 1.807) is 11.8 Å². The number of thioether (sulfide) groups is 1. The van der Waals surface area contributed by atoms with Gasteiger partial charge in [-0.25, -0.2) is 0 Å². The number of hydrogen-bond donors (Lipinski definition) is 2. The molecule has 0 saturated heterocycles. The lowest BCUT2D eigenvalue weighted by molar-refractivity contribution is -0.118. The van der Waals surface area contributed by atoms with E-state index >= 15 is 0 Å². The molecular formula is C14H22N2OS. The van der Waals surface area contributed by atoms with Gasteiger partial charge in [-0.15, -0.1) is 11.8 Å². The van der Waals surface area contributed by atoms with Crippen LogP contribution in [0.5, 0.6) is 0 Å². The van der Waals surface area contributed by atoms with Crippen LogP contribution in [0.1, 0.15) is 25.8 Å². The van der Waals surface area contributed by atoms with Crippen molar-refractivity contribution in [2.45, 2.75) is 31.7 Å². The van der Waals surface area contributed by atoms with Crippen molar-refractivity contribution in [2.75, 3.05) is 18.8 Å². The molecule has 1 aromatic carbocycles. The zero-order valence-electron chi connectivity index (χ0n) is 11.2. The van der Waals surface area contributed by atoms with Gasteiger partial charge in [0, 0.05) is 18.0 Å². The molecule has 18 heavy (non-hydrogen) atoms. The average molecular weight is 266 g/mol. The Labute approximate surface area is 114 Å². The van der Waals surface area contributed by atoms with Crippen LogP contribution in [0, 0.1) is 0 Å². The predicted molar refractivity (Wildman–Crippen MR) is 77.8 cm³/mol. The summed E-state index contributed by atoms with van der Waals surface area (Å²) in [6.07, 6.45) is 1.13. The molecule has 2 N–H and O–H groups in total. The Morgan fingerprint density at radius 1 is 1.28 bits per heavy atom. The number of carbonyl (C=O) groups excluding carboxylic acids is 1. The molecule has 4 heteroatoms. The molecule has 0 aromatic heterocycles. The lowest BCUT2D eigenvalue weighted by Gasteiger charge is -2.09. The Bertz CT molecular complexity index is 369. The van der Waals surface area contributed by atoms with Crippen molar-refractivity contribution in [3.05, 3.63) is 29.8 Å². The van der Waals surface area contributed by atoms with E-state index in [2.05, 4.69) is 29.7 Å². The van der Waals surface area contributed by atoms with Crippen molar-refractivity contribution in [1.29, 1.82) is 0 Å². The summed E-state index contributed by atoms with van der Waals surface area (Å²) in [7, 11) is 0. The van der Waals surface area contributed by atoms with Gasteiger partial charge in [-0.05, 0) is 31.5 Å². The van der Waals surface area contributed by atoms with Gasteiger partial charge in [0.25, 0.3) is 0 Å². The number of carbonyl (C=O) groups is 1. The number of benzene rings is 1. The van der Waals surface area contributed by atoms with E-state index in [0.717, 1.165) is 19.5 Å². The first kappa shape index (κ1) is 15.1. The third kappa shape index (κ3) is 5.56. The standard InChI is InChI=1S/C14H22N2OS/c1-3-9-15-10-12-7-5-6-8-13(12)18-11-14(17)16-4-2/h5-8,15H,3-4,9-11H2,1-2H3,(H,16,17). The maximum atomic E-state index is 11.4. The van der Waals surface area contributed by atoms with Crippen LogP contribution in [0.4, 0.5) is 0 Å². The summed E-state index contributed by atoms with van der Waals surface area (Å²) in [4.78, 5) is 12.6. The molecule has 100 valence electrons. The van der Waals surface area contributed by atoms with Crippen molar-refractivity contribution in [3.63, 3.8) is 0 Å². The van der Waals surface area contributed by atoms with Gasteiger partial charge in [0.05, 0.1) is 5.75 Å². The van der Waals surface area contributed by atoms with Crippen LogP contribution >= 0.6 is 11.8 Å². The Balaban J connectivity index is 2.50. The quantitative estimate of drug-likeness (QED) is 0.561. The van der Waals surface area contributed by atoms with E-state index in [1.165, 1.54) is 10.5 Å². The minimum atomic E-state index is 0.0961. The first-order chi connectivity index (χ1) is 8.77. The van der Waals surface area contributed by atoms with Crippen LogP contribution in [0.25, 0.3) is 0 Å². The monoisotopic (exact) mass is 266 g/mol. The van der Waals surface area contributed by atoms with Crippen LogP contribution in [-0.2, 0) is 11.3 Å². The number of hydrogen-bond acceptors (Lipinski definition) is 3. The lowest BCUT2D eigenvalue weighted by atomic mass is 10.2. The largest absolute Gasteiger partial charge is 0.356 e. The fourth-order valence-corrected chi connectivity index (χ4v) is 2.47. The summed E-state index contributed by atoms with van der Waals surface area (Å²) in [6.45, 7) is 6.68. The minimum Gasteiger partial charge on any atom is -0.356 e. The van der Waals surface area contributed by atoms with Crippen LogP contribution < -0.4 is 10.6 Å². The van der Waals surface area contributed by atoms with Gasteiger partial charge in [0.1, 0.15) is 0 Å². The van der Waals surface area contributed by atoms with E-state index in [1.807, 2.05) is 19.1 Å². The van der Waals surface area contributed by atoms with Crippen molar-refractivity contribution in [1.82, 2.24) is 10.6 Å². The second-order valence-corrected chi connectivity index (χ2v) is 5.04. The fraction of sp³-hybridized carbons (Fsp3) is 0.500. The van der Waals surface area contributed by atoms with Crippen molar-refractivity contribution < 1.29 is 4.79 Å². The zero-order valence-corrected chi connectivity index (χ0v) is 12.0. The Hall–Kier alpha value is -1.00. The predicted octanol–water partition coefficient (Wildman–Crippen LogP) is 2.41. The first-order valence-electron chi connectivity index (χ1n) is 6.46. The maximum Gasteiger partial charge on any atom is 0.230 e. The Morgan fingerprint density at radius 3 is 2.78 bits per heavy atom. The van der Waals surface area contributed by atoms with Crippen LogP contribution in [0.2, 0.25) is 0 Å². The highest BCUT2D eigenvalue weighted by Gasteiger charge is 2.05. The van der Waals surface area contributed by atoms with Gasteiger partial charge in [0.15, 0.2) is 0 Å². The molecule has 0 radical (unpaired) electrons. The van der Waals surface area contributed by atoms with E-state index < -0.39 is 0 Å². The molecule has 0 spiro atoms. The van der Waals surface area contributed by atoms with Crippen molar-refractivity contribution in [2.24, 2.45) is 0 Å². The topological polar surface area (TPSA) is 41.1 Å². The highest BCUT2D eigenvalue weighted by Crippen LogP contribution is 2.22. The number of nitrogens with one attached hydrogen (secondary N) is 2. The SMILES string of the molecule is CCCNCc1ccccc1SCC(=O)NCC. The van der Waals surface area contributed by atoms with Crippen molar-refractivity contribution >= 4 is 17.7 Å². The molecule has 1 aromatic rings. The van der Waals surface area contributed by atoms with Crippen LogP contribution in [-0.4, -0.2) is 24.7 Å². The van der Waals surface area contributed by atoms with Crippen LogP contribution in [0.3, 0.4) is 0 Å².